The molecule has 6 nitrogen and oxygen atoms in total. The van der Waals surface area contributed by atoms with Gasteiger partial charge >= 0.3 is 6.09 Å². The Labute approximate surface area is 145 Å². The average molecular weight is 334 g/mol. The number of ether oxygens (including phenoxy) is 1. The molecule has 0 aliphatic heterocycles. The molecule has 1 amide bonds. The highest BCUT2D eigenvalue weighted by Gasteiger charge is 2.04. The van der Waals surface area contributed by atoms with Crippen LogP contribution in [0.4, 0.5) is 27.7 Å². The van der Waals surface area contributed by atoms with Crippen molar-refractivity contribution in [3.8, 4) is 0 Å². The number of nitrogens with one attached hydrogen (secondary N) is 2. The number of aromatic nitrogens is 1. The largest absolute Gasteiger partial charge is 0.444 e. The molecule has 1 aromatic heterocycles. The summed E-state index contributed by atoms with van der Waals surface area (Å²) in [7, 11) is 0. The number of rotatable bonds is 5. The monoisotopic (exact) mass is 334 g/mol. The molecule has 2 aromatic carbocycles. The topological polar surface area (TPSA) is 89.3 Å². The van der Waals surface area contributed by atoms with Gasteiger partial charge < -0.3 is 15.8 Å². The van der Waals surface area contributed by atoms with E-state index in [4.69, 9.17) is 10.5 Å². The van der Waals surface area contributed by atoms with Crippen LogP contribution >= 0.6 is 0 Å². The highest BCUT2D eigenvalue weighted by molar-refractivity contribution is 5.85. The van der Waals surface area contributed by atoms with E-state index < -0.39 is 6.09 Å². The first kappa shape index (κ1) is 16.3. The molecule has 0 spiro atoms. The van der Waals surface area contributed by atoms with Gasteiger partial charge in [-0.3, -0.25) is 5.32 Å². The lowest BCUT2D eigenvalue weighted by atomic mass is 10.2. The van der Waals surface area contributed by atoms with E-state index >= 15 is 0 Å². The molecule has 4 N–H and O–H groups in total. The second-order valence-electron chi connectivity index (χ2n) is 5.36. The molecule has 0 fully saturated rings. The summed E-state index contributed by atoms with van der Waals surface area (Å²) in [5.74, 6) is 0.449. The Morgan fingerprint density at radius 3 is 2.40 bits per heavy atom. The van der Waals surface area contributed by atoms with Crippen LogP contribution in [-0.2, 0) is 11.3 Å². The number of nitrogen functional groups attached to an aromatic ring is 1. The van der Waals surface area contributed by atoms with E-state index in [9.17, 15) is 4.79 Å². The zero-order valence-electron chi connectivity index (χ0n) is 13.5. The molecule has 0 saturated carbocycles. The van der Waals surface area contributed by atoms with Crippen molar-refractivity contribution >= 4 is 29.0 Å². The first-order valence-electron chi connectivity index (χ1n) is 7.75. The zero-order valence-corrected chi connectivity index (χ0v) is 13.5. The Hall–Kier alpha value is -3.54. The number of hydrogen-bond acceptors (Lipinski definition) is 5. The second-order valence-corrected chi connectivity index (χ2v) is 5.36. The summed E-state index contributed by atoms with van der Waals surface area (Å²) in [6.45, 7) is 0.232. The van der Waals surface area contributed by atoms with Crippen molar-refractivity contribution in [3.63, 3.8) is 0 Å². The number of carbonyl (C=O) groups is 1. The van der Waals surface area contributed by atoms with Gasteiger partial charge in [0.05, 0.1) is 0 Å². The van der Waals surface area contributed by atoms with E-state index in [0.717, 1.165) is 16.9 Å². The van der Waals surface area contributed by atoms with E-state index in [1.165, 1.54) is 0 Å². The summed E-state index contributed by atoms with van der Waals surface area (Å²) >= 11 is 0. The summed E-state index contributed by atoms with van der Waals surface area (Å²) in [6.07, 6.45) is 1.14. The molecule has 3 aromatic rings. The lowest BCUT2D eigenvalue weighted by Crippen LogP contribution is -2.13. The fraction of sp³-hybridized carbons (Fsp3) is 0.0526. The molecule has 0 saturated heterocycles. The van der Waals surface area contributed by atoms with Crippen LogP contribution in [0.5, 0.6) is 0 Å². The minimum atomic E-state index is -0.494. The van der Waals surface area contributed by atoms with Crippen LogP contribution in [0.2, 0.25) is 0 Å². The Bertz CT molecular complexity index is 836. The van der Waals surface area contributed by atoms with E-state index in [1.54, 1.807) is 24.4 Å². The molecule has 1 heterocycles. The Morgan fingerprint density at radius 1 is 0.960 bits per heavy atom. The van der Waals surface area contributed by atoms with Gasteiger partial charge in [0.25, 0.3) is 0 Å². The number of benzene rings is 2. The standard InChI is InChI=1S/C19H18N4O2/c20-18-12-17(10-11-21-18)22-15-6-8-16(9-7-15)23-19(24)25-13-14-4-2-1-3-5-14/h1-12H,13H2,(H,23,24)(H3,20,21,22). The first-order valence-corrected chi connectivity index (χ1v) is 7.75. The molecule has 6 heteroatoms. The molecular weight excluding hydrogens is 316 g/mol. The van der Waals surface area contributed by atoms with Gasteiger partial charge in [-0.25, -0.2) is 9.78 Å². The molecule has 0 radical (unpaired) electrons. The number of carbonyl (C=O) groups excluding carboxylic acids is 1. The van der Waals surface area contributed by atoms with Gasteiger partial charge in [-0.2, -0.15) is 0 Å². The number of nitrogens with zero attached hydrogens (tertiary/aromatic N) is 1. The minimum Gasteiger partial charge on any atom is -0.444 e. The van der Waals surface area contributed by atoms with Gasteiger partial charge in [0.1, 0.15) is 12.4 Å². The van der Waals surface area contributed by atoms with E-state index in [1.807, 2.05) is 48.5 Å². The van der Waals surface area contributed by atoms with Crippen LogP contribution in [-0.4, -0.2) is 11.1 Å². The molecule has 126 valence electrons. The maximum Gasteiger partial charge on any atom is 0.411 e. The highest BCUT2D eigenvalue weighted by atomic mass is 16.5. The predicted molar refractivity (Wildman–Crippen MR) is 98.6 cm³/mol. The Morgan fingerprint density at radius 2 is 1.68 bits per heavy atom. The first-order chi connectivity index (χ1) is 12.2. The molecular formula is C19H18N4O2. The molecule has 0 aliphatic rings. The predicted octanol–water partition coefficient (Wildman–Crippen LogP) is 4.16. The Kier molecular flexibility index (Phi) is 5.11. The molecule has 3 rings (SSSR count). The summed E-state index contributed by atoms with van der Waals surface area (Å²) < 4.78 is 5.18. The summed E-state index contributed by atoms with van der Waals surface area (Å²) in [5, 5.41) is 5.90. The average Bonchev–Trinajstić information content (AvgIpc) is 2.63. The molecule has 0 unspecified atom stereocenters. The van der Waals surface area contributed by atoms with Crippen LogP contribution in [0.25, 0.3) is 0 Å². The summed E-state index contributed by atoms with van der Waals surface area (Å²) in [6, 6.07) is 20.4. The van der Waals surface area contributed by atoms with Gasteiger partial charge in [-0.05, 0) is 35.9 Å². The van der Waals surface area contributed by atoms with Crippen LogP contribution in [0.1, 0.15) is 5.56 Å². The summed E-state index contributed by atoms with van der Waals surface area (Å²) in [5.41, 5.74) is 8.95. The molecule has 0 bridgehead atoms. The van der Waals surface area contributed by atoms with Crippen LogP contribution in [0.3, 0.4) is 0 Å². The van der Waals surface area contributed by atoms with Gasteiger partial charge in [-0.1, -0.05) is 30.3 Å². The van der Waals surface area contributed by atoms with Crippen molar-refractivity contribution in [1.82, 2.24) is 4.98 Å². The van der Waals surface area contributed by atoms with Gasteiger partial charge in [0.2, 0.25) is 0 Å². The van der Waals surface area contributed by atoms with Crippen molar-refractivity contribution in [3.05, 3.63) is 78.5 Å². The third-order valence-electron chi connectivity index (χ3n) is 3.41. The lowest BCUT2D eigenvalue weighted by molar-refractivity contribution is 0.155. The van der Waals surface area contributed by atoms with Gasteiger partial charge in [-0.15, -0.1) is 0 Å². The van der Waals surface area contributed by atoms with Crippen molar-refractivity contribution in [2.24, 2.45) is 0 Å². The Balaban J connectivity index is 1.52. The third kappa shape index (κ3) is 4.97. The van der Waals surface area contributed by atoms with E-state index in [-0.39, 0.29) is 6.61 Å². The summed E-state index contributed by atoms with van der Waals surface area (Å²) in [4.78, 5) is 15.8. The number of amides is 1. The number of pyridine rings is 1. The van der Waals surface area contributed by atoms with Crippen LogP contribution < -0.4 is 16.4 Å². The second kappa shape index (κ2) is 7.83. The molecule has 0 atom stereocenters. The minimum absolute atomic E-state index is 0.232. The maximum absolute atomic E-state index is 11.8. The zero-order chi connectivity index (χ0) is 17.5. The van der Waals surface area contributed by atoms with Gasteiger partial charge in [0.15, 0.2) is 0 Å². The van der Waals surface area contributed by atoms with Gasteiger partial charge in [0, 0.05) is 29.3 Å². The third-order valence-corrected chi connectivity index (χ3v) is 3.41. The molecule has 25 heavy (non-hydrogen) atoms. The van der Waals surface area contributed by atoms with E-state index in [2.05, 4.69) is 15.6 Å². The van der Waals surface area contributed by atoms with Crippen molar-refractivity contribution in [2.75, 3.05) is 16.4 Å². The quantitative estimate of drug-likeness (QED) is 0.652. The molecule has 0 aliphatic carbocycles. The normalized spacial score (nSPS) is 10.1. The van der Waals surface area contributed by atoms with Crippen molar-refractivity contribution in [1.29, 1.82) is 0 Å². The number of anilines is 4. The van der Waals surface area contributed by atoms with E-state index in [0.29, 0.717) is 11.5 Å². The highest BCUT2D eigenvalue weighted by Crippen LogP contribution is 2.19. The van der Waals surface area contributed by atoms with Crippen molar-refractivity contribution in [2.45, 2.75) is 6.61 Å². The van der Waals surface area contributed by atoms with Crippen LogP contribution in [0.15, 0.2) is 72.9 Å². The van der Waals surface area contributed by atoms with Crippen LogP contribution in [0, 0.1) is 0 Å². The fourth-order valence-corrected chi connectivity index (χ4v) is 2.21. The smallest absolute Gasteiger partial charge is 0.411 e. The SMILES string of the molecule is Nc1cc(Nc2ccc(NC(=O)OCc3ccccc3)cc2)ccn1. The fourth-order valence-electron chi connectivity index (χ4n) is 2.21. The lowest BCUT2D eigenvalue weighted by Gasteiger charge is -2.09. The van der Waals surface area contributed by atoms with Crippen molar-refractivity contribution < 1.29 is 9.53 Å². The number of nitrogens with two attached hydrogens (primary N) is 1. The number of hydrogen-bond donors (Lipinski definition) is 3. The maximum atomic E-state index is 11.8.